The van der Waals surface area contributed by atoms with Crippen molar-refractivity contribution in [3.8, 4) is 0 Å². The van der Waals surface area contributed by atoms with Crippen LogP contribution in [0.15, 0.2) is 51.7 Å². The summed E-state index contributed by atoms with van der Waals surface area (Å²) in [6.07, 6.45) is 14.1. The van der Waals surface area contributed by atoms with Crippen LogP contribution in [0.2, 0.25) is 0 Å². The molecule has 0 saturated carbocycles. The highest BCUT2D eigenvalue weighted by atomic mass is 15.2. The van der Waals surface area contributed by atoms with E-state index in [2.05, 4.69) is 40.1 Å². The quantitative estimate of drug-likeness (QED) is 0.389. The molecule has 1 saturated heterocycles. The number of aliphatic imine (C=N–C) groups is 3. The Morgan fingerprint density at radius 3 is 2.66 bits per heavy atom. The van der Waals surface area contributed by atoms with Gasteiger partial charge in [0, 0.05) is 31.9 Å². The van der Waals surface area contributed by atoms with Crippen LogP contribution in [0.3, 0.4) is 0 Å². The van der Waals surface area contributed by atoms with E-state index in [-0.39, 0.29) is 0 Å². The topological polar surface area (TPSA) is 79.2 Å². The number of piperidine rings is 1. The van der Waals surface area contributed by atoms with Gasteiger partial charge in [0.05, 0.1) is 18.4 Å². The van der Waals surface area contributed by atoms with Gasteiger partial charge in [-0.25, -0.2) is 0 Å². The number of hydrogen-bond acceptors (Lipinski definition) is 4. The molecule has 0 spiro atoms. The molecule has 0 aromatic carbocycles. The van der Waals surface area contributed by atoms with Crippen LogP contribution in [0.1, 0.15) is 50.2 Å². The number of aromatic nitrogens is 1. The monoisotopic (exact) mass is 394 g/mol. The highest BCUT2D eigenvalue weighted by Crippen LogP contribution is 2.27. The summed E-state index contributed by atoms with van der Waals surface area (Å²) in [7, 11) is 1.67. The third kappa shape index (κ3) is 6.38. The average Bonchev–Trinajstić information content (AvgIpc) is 2.77. The smallest absolute Gasteiger partial charge is 0.133 e. The Bertz CT molecular complexity index is 785. The molecule has 0 bridgehead atoms. The van der Waals surface area contributed by atoms with E-state index in [1.807, 2.05) is 12.3 Å². The van der Waals surface area contributed by atoms with Gasteiger partial charge in [0.15, 0.2) is 0 Å². The molecule has 2 heterocycles. The Kier molecular flexibility index (Phi) is 9.28. The largest absolute Gasteiger partial charge is 0.384 e. The molecule has 6 nitrogen and oxygen atoms in total. The van der Waals surface area contributed by atoms with E-state index < -0.39 is 0 Å². The first-order valence-corrected chi connectivity index (χ1v) is 10.4. The van der Waals surface area contributed by atoms with E-state index in [0.717, 1.165) is 55.0 Å². The molecular weight excluding hydrogens is 360 g/mol. The van der Waals surface area contributed by atoms with E-state index in [1.165, 1.54) is 24.8 Å². The number of rotatable bonds is 9. The fraction of sp³-hybridized carbons (Fsp3) is 0.478. The first-order valence-electron chi connectivity index (χ1n) is 10.4. The van der Waals surface area contributed by atoms with Crippen LogP contribution >= 0.6 is 0 Å². The number of amidine groups is 2. The molecule has 156 valence electrons. The van der Waals surface area contributed by atoms with Gasteiger partial charge in [0.1, 0.15) is 11.7 Å². The van der Waals surface area contributed by atoms with Crippen molar-refractivity contribution in [1.82, 2.24) is 9.88 Å². The summed E-state index contributed by atoms with van der Waals surface area (Å²) in [6.45, 7) is 12.4. The molecule has 6 heteroatoms. The minimum atomic E-state index is 0.468. The van der Waals surface area contributed by atoms with E-state index in [9.17, 15) is 0 Å². The van der Waals surface area contributed by atoms with Gasteiger partial charge in [-0.1, -0.05) is 26.0 Å². The lowest BCUT2D eigenvalue weighted by atomic mass is 10.00. The lowest BCUT2D eigenvalue weighted by molar-refractivity contribution is 0.342. The zero-order chi connectivity index (χ0) is 21.1. The first-order chi connectivity index (χ1) is 14.1. The standard InChI is InChI=1S/C23H34N6/c1-5-7-11-19-16-27-17-20(25-3)22(19)23(29-12-9-8-10-13-29)28-15-18(6-2)14-21(24)26-4/h6,14,16-17H,2-3,5,7-13,15H2,1,4H3,(H2,24,26)/b18-14+,28-23?. The average molecular weight is 395 g/mol. The second kappa shape index (κ2) is 11.9. The highest BCUT2D eigenvalue weighted by molar-refractivity contribution is 6.04. The lowest BCUT2D eigenvalue weighted by Gasteiger charge is -2.31. The third-order valence-corrected chi connectivity index (χ3v) is 5.12. The van der Waals surface area contributed by atoms with Gasteiger partial charge in [0.2, 0.25) is 0 Å². The Morgan fingerprint density at radius 2 is 2.03 bits per heavy atom. The van der Waals surface area contributed by atoms with Gasteiger partial charge >= 0.3 is 0 Å². The summed E-state index contributed by atoms with van der Waals surface area (Å²) in [5, 5.41) is 0. The summed E-state index contributed by atoms with van der Waals surface area (Å²) in [6, 6.07) is 0. The van der Waals surface area contributed by atoms with E-state index in [1.54, 1.807) is 19.3 Å². The van der Waals surface area contributed by atoms with Crippen LogP contribution in [0.25, 0.3) is 0 Å². The van der Waals surface area contributed by atoms with Crippen LogP contribution in [-0.2, 0) is 6.42 Å². The second-order valence-corrected chi connectivity index (χ2v) is 7.21. The number of pyridine rings is 1. The molecule has 1 aliphatic heterocycles. The fourth-order valence-electron chi connectivity index (χ4n) is 3.46. The van der Waals surface area contributed by atoms with Crippen molar-refractivity contribution in [2.45, 2.75) is 45.4 Å². The predicted molar refractivity (Wildman–Crippen MR) is 125 cm³/mol. The molecular formula is C23H34N6. The van der Waals surface area contributed by atoms with Crippen LogP contribution in [0.4, 0.5) is 5.69 Å². The number of hydrogen-bond donors (Lipinski definition) is 1. The maximum atomic E-state index is 5.87. The summed E-state index contributed by atoms with van der Waals surface area (Å²) >= 11 is 0. The van der Waals surface area contributed by atoms with Crippen molar-refractivity contribution in [2.75, 3.05) is 26.7 Å². The number of likely N-dealkylation sites (tertiary alicyclic amines) is 1. The Balaban J connectivity index is 2.52. The molecule has 1 aliphatic rings. The number of aryl methyl sites for hydroxylation is 1. The molecule has 2 N–H and O–H groups in total. The molecule has 29 heavy (non-hydrogen) atoms. The van der Waals surface area contributed by atoms with Crippen molar-refractivity contribution >= 4 is 24.1 Å². The Morgan fingerprint density at radius 1 is 1.28 bits per heavy atom. The minimum absolute atomic E-state index is 0.468. The fourth-order valence-corrected chi connectivity index (χ4v) is 3.46. The summed E-state index contributed by atoms with van der Waals surface area (Å²) in [5.41, 5.74) is 9.83. The van der Waals surface area contributed by atoms with Gasteiger partial charge in [-0.2, -0.15) is 0 Å². The highest BCUT2D eigenvalue weighted by Gasteiger charge is 2.22. The molecule has 0 radical (unpaired) electrons. The van der Waals surface area contributed by atoms with Gasteiger partial charge in [-0.15, -0.1) is 0 Å². The van der Waals surface area contributed by atoms with E-state index in [4.69, 9.17) is 10.7 Å². The molecule has 1 aromatic heterocycles. The van der Waals surface area contributed by atoms with Gasteiger partial charge in [-0.05, 0) is 56.0 Å². The zero-order valence-corrected chi connectivity index (χ0v) is 17.9. The van der Waals surface area contributed by atoms with Crippen LogP contribution < -0.4 is 5.73 Å². The second-order valence-electron chi connectivity index (χ2n) is 7.21. The van der Waals surface area contributed by atoms with Gasteiger partial charge < -0.3 is 10.6 Å². The SMILES string of the molecule is C=C/C(=C\C(N)=NC)CN=C(c1c(CCCC)cncc1N=C)N1CCCCC1. The summed E-state index contributed by atoms with van der Waals surface area (Å²) in [5.74, 6) is 1.44. The first kappa shape index (κ1) is 22.5. The summed E-state index contributed by atoms with van der Waals surface area (Å²) < 4.78 is 0. The molecule has 0 atom stereocenters. The maximum absolute atomic E-state index is 5.87. The molecule has 0 aliphatic carbocycles. The van der Waals surface area contributed by atoms with Crippen molar-refractivity contribution in [1.29, 1.82) is 0 Å². The molecule has 2 rings (SSSR count). The Labute approximate surface area is 175 Å². The van der Waals surface area contributed by atoms with E-state index in [0.29, 0.717) is 12.4 Å². The van der Waals surface area contributed by atoms with Gasteiger partial charge in [-0.3, -0.25) is 20.0 Å². The number of unbranched alkanes of at least 4 members (excludes halogenated alkanes) is 1. The molecule has 0 unspecified atom stereocenters. The zero-order valence-electron chi connectivity index (χ0n) is 17.9. The van der Waals surface area contributed by atoms with Crippen molar-refractivity contribution < 1.29 is 0 Å². The van der Waals surface area contributed by atoms with Crippen molar-refractivity contribution in [3.63, 3.8) is 0 Å². The maximum Gasteiger partial charge on any atom is 0.133 e. The molecule has 1 fully saturated rings. The van der Waals surface area contributed by atoms with Crippen LogP contribution in [-0.4, -0.2) is 55.0 Å². The third-order valence-electron chi connectivity index (χ3n) is 5.12. The normalized spacial score (nSPS) is 16.1. The summed E-state index contributed by atoms with van der Waals surface area (Å²) in [4.78, 5) is 20.1. The van der Waals surface area contributed by atoms with E-state index >= 15 is 0 Å². The predicted octanol–water partition coefficient (Wildman–Crippen LogP) is 4.09. The number of nitrogens with zero attached hydrogens (tertiary/aromatic N) is 5. The Hall–Kier alpha value is -2.76. The van der Waals surface area contributed by atoms with Crippen molar-refractivity contribution in [2.24, 2.45) is 20.7 Å². The lowest BCUT2D eigenvalue weighted by Crippen LogP contribution is -2.37. The minimum Gasteiger partial charge on any atom is -0.384 e. The molecule has 0 amide bonds. The van der Waals surface area contributed by atoms with Crippen LogP contribution in [0.5, 0.6) is 0 Å². The number of nitrogens with two attached hydrogens (primary N) is 1. The molecule has 1 aromatic rings. The van der Waals surface area contributed by atoms with Crippen LogP contribution in [0, 0.1) is 0 Å². The van der Waals surface area contributed by atoms with Gasteiger partial charge in [0.25, 0.3) is 0 Å². The van der Waals surface area contributed by atoms with Crippen molar-refractivity contribution in [3.05, 3.63) is 47.8 Å².